The number of anilines is 2. The van der Waals surface area contributed by atoms with Crippen LogP contribution in [0.3, 0.4) is 0 Å². The first-order valence-corrected chi connectivity index (χ1v) is 7.53. The molecular formula is C15H17N3OS. The number of amides is 1. The molecule has 0 fully saturated rings. The molecule has 1 aliphatic heterocycles. The lowest BCUT2D eigenvalue weighted by Gasteiger charge is -2.14. The number of thiazole rings is 1. The van der Waals surface area contributed by atoms with Crippen LogP contribution in [0.25, 0.3) is 11.3 Å². The number of aryl methyl sites for hydroxylation is 1. The molecule has 1 aromatic heterocycles. The summed E-state index contributed by atoms with van der Waals surface area (Å²) in [5.41, 5.74) is 9.83. The van der Waals surface area contributed by atoms with Crippen LogP contribution in [0.5, 0.6) is 0 Å². The van der Waals surface area contributed by atoms with Gasteiger partial charge in [0.1, 0.15) is 0 Å². The molecule has 2 aromatic rings. The van der Waals surface area contributed by atoms with Crippen molar-refractivity contribution in [3.05, 3.63) is 28.6 Å². The highest BCUT2D eigenvalue weighted by atomic mass is 32.1. The molecule has 0 bridgehead atoms. The maximum absolute atomic E-state index is 12.2. The van der Waals surface area contributed by atoms with Crippen molar-refractivity contribution in [1.82, 2.24) is 4.98 Å². The van der Waals surface area contributed by atoms with E-state index in [1.54, 1.807) is 0 Å². The minimum Gasteiger partial charge on any atom is -0.375 e. The molecule has 2 heterocycles. The van der Waals surface area contributed by atoms with Gasteiger partial charge in [-0.05, 0) is 38.5 Å². The number of hydrogen-bond acceptors (Lipinski definition) is 4. The van der Waals surface area contributed by atoms with Gasteiger partial charge in [0.05, 0.1) is 11.6 Å². The molecule has 104 valence electrons. The van der Waals surface area contributed by atoms with Crippen LogP contribution < -0.4 is 10.6 Å². The van der Waals surface area contributed by atoms with Crippen LogP contribution in [-0.4, -0.2) is 17.4 Å². The molecule has 5 heteroatoms. The lowest BCUT2D eigenvalue weighted by Crippen LogP contribution is -2.27. The average molecular weight is 287 g/mol. The van der Waals surface area contributed by atoms with Gasteiger partial charge < -0.3 is 10.6 Å². The molecule has 1 aliphatic rings. The van der Waals surface area contributed by atoms with E-state index >= 15 is 0 Å². The summed E-state index contributed by atoms with van der Waals surface area (Å²) in [7, 11) is 0. The summed E-state index contributed by atoms with van der Waals surface area (Å²) in [6.07, 6.45) is 0. The van der Waals surface area contributed by atoms with Crippen LogP contribution in [0.1, 0.15) is 30.2 Å². The van der Waals surface area contributed by atoms with E-state index < -0.39 is 0 Å². The average Bonchev–Trinajstić information content (AvgIpc) is 2.88. The Labute approximate surface area is 122 Å². The molecule has 1 unspecified atom stereocenters. The first-order chi connectivity index (χ1) is 9.52. The standard InChI is InChI=1S/C15H17N3OS/c1-4-18-12-6-5-10(7-11(12)8(2)14(18)19)13-9(3)20-15(16)17-13/h5-8H,4H2,1-3H3,(H2,16,17). The minimum absolute atomic E-state index is 0.0822. The van der Waals surface area contributed by atoms with E-state index in [-0.39, 0.29) is 11.8 Å². The fourth-order valence-corrected chi connectivity index (χ4v) is 3.50. The fourth-order valence-electron chi connectivity index (χ4n) is 2.79. The van der Waals surface area contributed by atoms with Crippen LogP contribution in [0.15, 0.2) is 18.2 Å². The molecule has 3 rings (SSSR count). The predicted molar refractivity (Wildman–Crippen MR) is 83.1 cm³/mol. The van der Waals surface area contributed by atoms with Crippen LogP contribution >= 0.6 is 11.3 Å². The van der Waals surface area contributed by atoms with Crippen molar-refractivity contribution in [3.8, 4) is 11.3 Å². The summed E-state index contributed by atoms with van der Waals surface area (Å²) in [6.45, 7) is 6.68. The Morgan fingerprint density at radius 3 is 2.80 bits per heavy atom. The number of aromatic nitrogens is 1. The highest BCUT2D eigenvalue weighted by molar-refractivity contribution is 7.15. The second kappa shape index (κ2) is 4.59. The predicted octanol–water partition coefficient (Wildman–Crippen LogP) is 3.17. The zero-order valence-electron chi connectivity index (χ0n) is 11.8. The summed E-state index contributed by atoms with van der Waals surface area (Å²) in [6, 6.07) is 6.12. The number of benzene rings is 1. The molecule has 1 atom stereocenters. The van der Waals surface area contributed by atoms with Crippen LogP contribution in [0, 0.1) is 6.92 Å². The number of carbonyl (C=O) groups excluding carboxylic acids is 1. The number of likely N-dealkylation sites (N-methyl/N-ethyl adjacent to an activating group) is 1. The van der Waals surface area contributed by atoms with Gasteiger partial charge in [0, 0.05) is 22.7 Å². The zero-order valence-corrected chi connectivity index (χ0v) is 12.6. The van der Waals surface area contributed by atoms with Gasteiger partial charge in [-0.25, -0.2) is 4.98 Å². The molecule has 1 aromatic carbocycles. The lowest BCUT2D eigenvalue weighted by atomic mass is 9.99. The number of nitrogens with zero attached hydrogens (tertiary/aromatic N) is 2. The molecule has 0 radical (unpaired) electrons. The molecule has 0 spiro atoms. The summed E-state index contributed by atoms with van der Waals surface area (Å²) in [4.78, 5) is 19.5. The van der Waals surface area contributed by atoms with E-state index in [4.69, 9.17) is 5.73 Å². The molecular weight excluding hydrogens is 270 g/mol. The summed E-state index contributed by atoms with van der Waals surface area (Å²) in [5.74, 6) is 0.0929. The maximum atomic E-state index is 12.2. The number of carbonyl (C=O) groups is 1. The maximum Gasteiger partial charge on any atom is 0.234 e. The SMILES string of the molecule is CCN1C(=O)C(C)c2cc(-c3nc(N)sc3C)ccc21. The normalized spacial score (nSPS) is 17.6. The Kier molecular flexibility index (Phi) is 3.01. The van der Waals surface area contributed by atoms with Crippen molar-refractivity contribution in [3.63, 3.8) is 0 Å². The Hall–Kier alpha value is -1.88. The number of rotatable bonds is 2. The van der Waals surface area contributed by atoms with Crippen molar-refractivity contribution < 1.29 is 4.79 Å². The van der Waals surface area contributed by atoms with Gasteiger partial charge in [0.25, 0.3) is 0 Å². The van der Waals surface area contributed by atoms with Gasteiger partial charge >= 0.3 is 0 Å². The number of hydrogen-bond donors (Lipinski definition) is 1. The van der Waals surface area contributed by atoms with E-state index in [0.717, 1.165) is 27.4 Å². The Morgan fingerprint density at radius 2 is 2.20 bits per heavy atom. The van der Waals surface area contributed by atoms with Crippen LogP contribution in [0.2, 0.25) is 0 Å². The molecule has 0 saturated carbocycles. The third kappa shape index (κ3) is 1.81. The Morgan fingerprint density at radius 1 is 1.45 bits per heavy atom. The van der Waals surface area contributed by atoms with Gasteiger partial charge in [-0.2, -0.15) is 0 Å². The van der Waals surface area contributed by atoms with Crippen LogP contribution in [-0.2, 0) is 4.79 Å². The Bertz CT molecular complexity index is 692. The third-order valence-electron chi connectivity index (χ3n) is 3.82. The number of nitrogen functional groups attached to an aromatic ring is 1. The second-order valence-corrected chi connectivity index (χ2v) is 6.27. The smallest absolute Gasteiger partial charge is 0.234 e. The first-order valence-electron chi connectivity index (χ1n) is 6.71. The van der Waals surface area contributed by atoms with Gasteiger partial charge in [-0.15, -0.1) is 11.3 Å². The number of fused-ring (bicyclic) bond motifs is 1. The van der Waals surface area contributed by atoms with Crippen molar-refractivity contribution in [2.24, 2.45) is 0 Å². The highest BCUT2D eigenvalue weighted by Gasteiger charge is 2.33. The molecule has 0 saturated heterocycles. The van der Waals surface area contributed by atoms with Crippen molar-refractivity contribution in [1.29, 1.82) is 0 Å². The molecule has 1 amide bonds. The van der Waals surface area contributed by atoms with E-state index in [9.17, 15) is 4.79 Å². The number of nitrogens with two attached hydrogens (primary N) is 1. The summed E-state index contributed by atoms with van der Waals surface area (Å²) >= 11 is 1.49. The molecule has 20 heavy (non-hydrogen) atoms. The second-order valence-electron chi connectivity index (χ2n) is 5.03. The summed E-state index contributed by atoms with van der Waals surface area (Å²) in [5, 5.41) is 0.581. The van der Waals surface area contributed by atoms with Crippen molar-refractivity contribution in [2.45, 2.75) is 26.7 Å². The van der Waals surface area contributed by atoms with Gasteiger partial charge in [-0.1, -0.05) is 6.07 Å². The highest BCUT2D eigenvalue weighted by Crippen LogP contribution is 2.40. The van der Waals surface area contributed by atoms with Gasteiger partial charge in [-0.3, -0.25) is 4.79 Å². The van der Waals surface area contributed by atoms with E-state index in [0.29, 0.717) is 11.7 Å². The van der Waals surface area contributed by atoms with E-state index in [1.165, 1.54) is 11.3 Å². The fraction of sp³-hybridized carbons (Fsp3) is 0.333. The molecule has 0 aliphatic carbocycles. The molecule has 2 N–H and O–H groups in total. The van der Waals surface area contributed by atoms with E-state index in [1.807, 2.05) is 37.8 Å². The third-order valence-corrected chi connectivity index (χ3v) is 4.62. The summed E-state index contributed by atoms with van der Waals surface area (Å²) < 4.78 is 0. The van der Waals surface area contributed by atoms with Crippen LogP contribution in [0.4, 0.5) is 10.8 Å². The van der Waals surface area contributed by atoms with Gasteiger partial charge in [0.2, 0.25) is 5.91 Å². The monoisotopic (exact) mass is 287 g/mol. The molecule has 4 nitrogen and oxygen atoms in total. The first kappa shape index (κ1) is 13.1. The minimum atomic E-state index is -0.0822. The van der Waals surface area contributed by atoms with E-state index in [2.05, 4.69) is 11.1 Å². The van der Waals surface area contributed by atoms with Gasteiger partial charge in [0.15, 0.2) is 5.13 Å². The Balaban J connectivity index is 2.11. The quantitative estimate of drug-likeness (QED) is 0.923. The zero-order chi connectivity index (χ0) is 14.4. The van der Waals surface area contributed by atoms with Crippen molar-refractivity contribution >= 4 is 28.1 Å². The lowest BCUT2D eigenvalue weighted by molar-refractivity contribution is -0.118. The topological polar surface area (TPSA) is 59.2 Å². The largest absolute Gasteiger partial charge is 0.375 e. The van der Waals surface area contributed by atoms with Crippen molar-refractivity contribution in [2.75, 3.05) is 17.2 Å².